The highest BCUT2D eigenvalue weighted by Gasteiger charge is 2.44. The number of carboxylic acids is 1. The molecule has 2 heterocycles. The lowest BCUT2D eigenvalue weighted by molar-refractivity contribution is -0.142. The summed E-state index contributed by atoms with van der Waals surface area (Å²) in [4.78, 5) is 29.7. The van der Waals surface area contributed by atoms with Crippen LogP contribution in [0.1, 0.15) is 30.9 Å². The number of esters is 1. The number of aryl methyl sites for hydroxylation is 1. The smallest absolute Gasteiger partial charge is 0.391 e. The van der Waals surface area contributed by atoms with Crippen LogP contribution in [0.25, 0.3) is 0 Å². The number of nitrogens with zero attached hydrogens (tertiary/aromatic N) is 2. The van der Waals surface area contributed by atoms with Crippen LogP contribution in [0.2, 0.25) is 0 Å². The summed E-state index contributed by atoms with van der Waals surface area (Å²) in [6.45, 7) is 4.17. The highest BCUT2D eigenvalue weighted by molar-refractivity contribution is 5.90. The molecule has 27 heavy (non-hydrogen) atoms. The molecule has 1 saturated heterocycles. The van der Waals surface area contributed by atoms with Crippen molar-refractivity contribution in [1.82, 2.24) is 4.98 Å². The monoisotopic (exact) mass is 364 g/mol. The SMILES string of the molecule is Cc1ccccc1C#CC(=O)Oc1cccc(N2CCC[C@]2(C)C(=O)O)n1. The fraction of sp³-hybridized carbons (Fsp3) is 0.286. The van der Waals surface area contributed by atoms with Gasteiger partial charge in [-0.2, -0.15) is 4.98 Å². The van der Waals surface area contributed by atoms with E-state index in [1.807, 2.05) is 31.2 Å². The van der Waals surface area contributed by atoms with Crippen LogP contribution in [0.15, 0.2) is 42.5 Å². The molecule has 1 aromatic carbocycles. The van der Waals surface area contributed by atoms with E-state index in [4.69, 9.17) is 4.74 Å². The Morgan fingerprint density at radius 1 is 1.22 bits per heavy atom. The second-order valence-electron chi connectivity index (χ2n) is 6.62. The maximum absolute atomic E-state index is 12.0. The molecule has 6 heteroatoms. The van der Waals surface area contributed by atoms with Crippen LogP contribution in [-0.4, -0.2) is 34.1 Å². The lowest BCUT2D eigenvalue weighted by Gasteiger charge is -2.32. The molecule has 0 unspecified atom stereocenters. The van der Waals surface area contributed by atoms with E-state index < -0.39 is 17.5 Å². The number of carbonyl (C=O) groups excluding carboxylic acids is 1. The molecule has 2 aromatic rings. The summed E-state index contributed by atoms with van der Waals surface area (Å²) in [5.41, 5.74) is 0.714. The van der Waals surface area contributed by atoms with E-state index in [0.29, 0.717) is 18.8 Å². The van der Waals surface area contributed by atoms with E-state index in [1.165, 1.54) is 0 Å². The van der Waals surface area contributed by atoms with Crippen LogP contribution in [-0.2, 0) is 9.59 Å². The quantitative estimate of drug-likeness (QED) is 0.666. The Morgan fingerprint density at radius 3 is 2.74 bits per heavy atom. The lowest BCUT2D eigenvalue weighted by atomic mass is 9.99. The maximum Gasteiger partial charge on any atom is 0.391 e. The molecule has 3 rings (SSSR count). The van der Waals surface area contributed by atoms with E-state index in [0.717, 1.165) is 17.5 Å². The zero-order chi connectivity index (χ0) is 19.4. The normalized spacial score (nSPS) is 18.5. The molecule has 6 nitrogen and oxygen atoms in total. The van der Waals surface area contributed by atoms with Gasteiger partial charge in [0, 0.05) is 24.1 Å². The summed E-state index contributed by atoms with van der Waals surface area (Å²) in [7, 11) is 0. The Labute approximate surface area is 157 Å². The number of aliphatic carboxylic acids is 1. The molecule has 1 aliphatic heterocycles. The van der Waals surface area contributed by atoms with Crippen molar-refractivity contribution in [2.45, 2.75) is 32.2 Å². The first-order valence-electron chi connectivity index (χ1n) is 8.68. The van der Waals surface area contributed by atoms with Crippen molar-refractivity contribution in [3.8, 4) is 17.7 Å². The summed E-state index contributed by atoms with van der Waals surface area (Å²) in [5.74, 6) is 4.19. The Bertz CT molecular complexity index is 944. The molecule has 1 aliphatic rings. The third kappa shape index (κ3) is 3.93. The number of hydrogen-bond donors (Lipinski definition) is 1. The van der Waals surface area contributed by atoms with Crippen molar-refractivity contribution in [3.63, 3.8) is 0 Å². The highest BCUT2D eigenvalue weighted by atomic mass is 16.5. The van der Waals surface area contributed by atoms with Crippen molar-refractivity contribution in [1.29, 1.82) is 0 Å². The van der Waals surface area contributed by atoms with Crippen molar-refractivity contribution >= 4 is 17.8 Å². The molecule has 0 radical (unpaired) electrons. The molecule has 0 spiro atoms. The topological polar surface area (TPSA) is 79.7 Å². The van der Waals surface area contributed by atoms with E-state index in [9.17, 15) is 14.7 Å². The number of carboxylic acid groups (broad SMARTS) is 1. The molecule has 0 bridgehead atoms. The van der Waals surface area contributed by atoms with Crippen molar-refractivity contribution in [2.75, 3.05) is 11.4 Å². The Hall–Kier alpha value is -3.33. The van der Waals surface area contributed by atoms with Gasteiger partial charge in [-0.1, -0.05) is 30.2 Å². The van der Waals surface area contributed by atoms with Crippen molar-refractivity contribution < 1.29 is 19.4 Å². The van der Waals surface area contributed by atoms with Crippen LogP contribution in [0, 0.1) is 18.8 Å². The predicted molar refractivity (Wildman–Crippen MR) is 101 cm³/mol. The van der Waals surface area contributed by atoms with Gasteiger partial charge in [0.2, 0.25) is 5.88 Å². The molecule has 1 atom stereocenters. The molecule has 0 aliphatic carbocycles. The Kier molecular flexibility index (Phi) is 5.13. The summed E-state index contributed by atoms with van der Waals surface area (Å²) < 4.78 is 5.21. The van der Waals surface area contributed by atoms with Gasteiger partial charge in [-0.05, 0) is 44.4 Å². The van der Waals surface area contributed by atoms with Gasteiger partial charge >= 0.3 is 11.9 Å². The standard InChI is InChI=1S/C21H20N2O4/c1-15-7-3-4-8-16(15)11-12-19(24)27-18-10-5-9-17(22-18)23-14-6-13-21(23,2)20(25)26/h3-5,7-10H,6,13-14H2,1-2H3,(H,25,26)/t21-/m1/s1. The fourth-order valence-corrected chi connectivity index (χ4v) is 3.12. The first-order valence-corrected chi connectivity index (χ1v) is 8.68. The van der Waals surface area contributed by atoms with E-state index in [2.05, 4.69) is 16.8 Å². The zero-order valence-corrected chi connectivity index (χ0v) is 15.2. The van der Waals surface area contributed by atoms with Gasteiger partial charge in [0.1, 0.15) is 11.4 Å². The van der Waals surface area contributed by atoms with Gasteiger partial charge in [-0.15, -0.1) is 0 Å². The third-order valence-electron chi connectivity index (χ3n) is 4.73. The number of ether oxygens (including phenoxy) is 1. The molecule has 0 amide bonds. The van der Waals surface area contributed by atoms with Crippen LogP contribution in [0.4, 0.5) is 5.82 Å². The Balaban J connectivity index is 1.76. The summed E-state index contributed by atoms with van der Waals surface area (Å²) in [5, 5.41) is 9.55. The van der Waals surface area contributed by atoms with Gasteiger partial charge in [0.15, 0.2) is 0 Å². The highest BCUT2D eigenvalue weighted by Crippen LogP contribution is 2.33. The number of aromatic nitrogens is 1. The summed E-state index contributed by atoms with van der Waals surface area (Å²) >= 11 is 0. The van der Waals surface area contributed by atoms with Crippen molar-refractivity contribution in [3.05, 3.63) is 53.6 Å². The van der Waals surface area contributed by atoms with Crippen LogP contribution in [0.5, 0.6) is 5.88 Å². The van der Waals surface area contributed by atoms with Crippen molar-refractivity contribution in [2.24, 2.45) is 0 Å². The fourth-order valence-electron chi connectivity index (χ4n) is 3.12. The largest absolute Gasteiger partial charge is 0.480 e. The minimum Gasteiger partial charge on any atom is -0.480 e. The van der Waals surface area contributed by atoms with E-state index in [1.54, 1.807) is 30.0 Å². The molecule has 0 saturated carbocycles. The van der Waals surface area contributed by atoms with Gasteiger partial charge in [-0.25, -0.2) is 9.59 Å². The molecule has 138 valence electrons. The van der Waals surface area contributed by atoms with Crippen LogP contribution < -0.4 is 9.64 Å². The second-order valence-corrected chi connectivity index (χ2v) is 6.62. The molecular formula is C21H20N2O4. The number of benzene rings is 1. The minimum absolute atomic E-state index is 0.0937. The molecule has 1 aromatic heterocycles. The number of anilines is 1. The van der Waals surface area contributed by atoms with Gasteiger partial charge in [0.05, 0.1) is 0 Å². The predicted octanol–water partition coefficient (Wildman–Crippen LogP) is 2.79. The van der Waals surface area contributed by atoms with Gasteiger partial charge < -0.3 is 14.7 Å². The number of rotatable bonds is 3. The van der Waals surface area contributed by atoms with Crippen LogP contribution in [0.3, 0.4) is 0 Å². The first-order chi connectivity index (χ1) is 12.9. The molecule has 1 N–H and O–H groups in total. The molecule has 1 fully saturated rings. The lowest BCUT2D eigenvalue weighted by Crippen LogP contribution is -2.48. The molecular weight excluding hydrogens is 344 g/mol. The summed E-state index contributed by atoms with van der Waals surface area (Å²) in [6, 6.07) is 12.4. The third-order valence-corrected chi connectivity index (χ3v) is 4.73. The maximum atomic E-state index is 12.0. The Morgan fingerprint density at radius 2 is 2.00 bits per heavy atom. The van der Waals surface area contributed by atoms with E-state index in [-0.39, 0.29) is 5.88 Å². The number of hydrogen-bond acceptors (Lipinski definition) is 5. The van der Waals surface area contributed by atoms with Gasteiger partial charge in [0.25, 0.3) is 0 Å². The minimum atomic E-state index is -1.01. The number of carbonyl (C=O) groups is 2. The first kappa shape index (κ1) is 18.5. The van der Waals surface area contributed by atoms with Crippen LogP contribution >= 0.6 is 0 Å². The second kappa shape index (κ2) is 7.50. The average Bonchev–Trinajstić information content (AvgIpc) is 3.04. The van der Waals surface area contributed by atoms with Gasteiger partial charge in [-0.3, -0.25) is 0 Å². The van der Waals surface area contributed by atoms with E-state index >= 15 is 0 Å². The number of pyridine rings is 1. The zero-order valence-electron chi connectivity index (χ0n) is 15.2. The average molecular weight is 364 g/mol. The summed E-state index contributed by atoms with van der Waals surface area (Å²) in [6.07, 6.45) is 1.30.